The Labute approximate surface area is 212 Å². The molecule has 2 heterocycles. The van der Waals surface area contributed by atoms with E-state index in [2.05, 4.69) is 4.98 Å². The number of carbonyl (C=O) groups excluding carboxylic acids is 1. The molecule has 0 radical (unpaired) electrons. The second-order valence-corrected chi connectivity index (χ2v) is 10.4. The van der Waals surface area contributed by atoms with Gasteiger partial charge < -0.3 is 9.64 Å². The summed E-state index contributed by atoms with van der Waals surface area (Å²) in [5, 5.41) is 11.3. The summed E-state index contributed by atoms with van der Waals surface area (Å²) in [4.78, 5) is 29.5. The van der Waals surface area contributed by atoms with Gasteiger partial charge in [0.2, 0.25) is 10.0 Å². The molecule has 5 rings (SSSR count). The number of ether oxygens (including phenoxy) is 1. The highest BCUT2D eigenvalue weighted by Gasteiger charge is 2.32. The molecule has 0 saturated carbocycles. The van der Waals surface area contributed by atoms with Crippen LogP contribution in [0.4, 0.5) is 5.69 Å². The van der Waals surface area contributed by atoms with Crippen LogP contribution in [0, 0.1) is 10.1 Å². The predicted octanol–water partition coefficient (Wildman–Crippen LogP) is 3.09. The number of para-hydroxylation sites is 2. The summed E-state index contributed by atoms with van der Waals surface area (Å²) in [5.74, 6) is -0.217. The molecule has 0 aliphatic carbocycles. The van der Waals surface area contributed by atoms with Gasteiger partial charge >= 0.3 is 5.69 Å². The van der Waals surface area contributed by atoms with Crippen LogP contribution in [-0.4, -0.2) is 71.3 Å². The summed E-state index contributed by atoms with van der Waals surface area (Å²) in [5.41, 5.74) is 2.77. The highest BCUT2D eigenvalue weighted by atomic mass is 32.2. The number of nitrogens with zero attached hydrogens (tertiary/aromatic N) is 5. The predicted molar refractivity (Wildman–Crippen MR) is 135 cm³/mol. The molecule has 0 bridgehead atoms. The minimum absolute atomic E-state index is 0.0217. The number of carbonyl (C=O) groups is 1. The second kappa shape index (κ2) is 9.64. The van der Waals surface area contributed by atoms with E-state index < -0.39 is 20.6 Å². The summed E-state index contributed by atoms with van der Waals surface area (Å²) >= 11 is 0. The minimum Gasteiger partial charge on any atom is -0.490 e. The molecule has 0 unspecified atom stereocenters. The summed E-state index contributed by atoms with van der Waals surface area (Å²) < 4.78 is 34.3. The van der Waals surface area contributed by atoms with Crippen LogP contribution in [0.25, 0.3) is 16.7 Å². The van der Waals surface area contributed by atoms with E-state index in [1.165, 1.54) is 23.5 Å². The number of aromatic nitrogens is 2. The van der Waals surface area contributed by atoms with Crippen LogP contribution in [0.2, 0.25) is 0 Å². The van der Waals surface area contributed by atoms with E-state index in [1.54, 1.807) is 23.4 Å². The molecule has 1 aliphatic rings. The zero-order valence-electron chi connectivity index (χ0n) is 19.9. The number of sulfonamides is 1. The molecule has 0 N–H and O–H groups in total. The van der Waals surface area contributed by atoms with Crippen molar-refractivity contribution < 1.29 is 22.9 Å². The maximum Gasteiger partial charge on any atom is 0.312 e. The van der Waals surface area contributed by atoms with Crippen molar-refractivity contribution in [1.82, 2.24) is 18.8 Å². The largest absolute Gasteiger partial charge is 0.490 e. The fourth-order valence-corrected chi connectivity index (χ4v) is 5.81. The van der Waals surface area contributed by atoms with Crippen molar-refractivity contribution in [3.63, 3.8) is 0 Å². The van der Waals surface area contributed by atoms with Gasteiger partial charge in [0.25, 0.3) is 5.91 Å². The monoisotopic (exact) mass is 521 g/mol. The molecule has 3 aromatic carbocycles. The zero-order chi connectivity index (χ0) is 26.2. The molecular weight excluding hydrogens is 498 g/mol. The van der Waals surface area contributed by atoms with Gasteiger partial charge in [-0.05, 0) is 48.5 Å². The molecule has 1 aromatic heterocycles. The van der Waals surface area contributed by atoms with Crippen LogP contribution in [0.15, 0.2) is 78.0 Å². The second-order valence-electron chi connectivity index (χ2n) is 8.44. The number of benzene rings is 3. The van der Waals surface area contributed by atoms with Gasteiger partial charge in [-0.1, -0.05) is 12.1 Å². The lowest BCUT2D eigenvalue weighted by Gasteiger charge is -2.34. The third-order valence-corrected chi connectivity index (χ3v) is 8.25. The quantitative estimate of drug-likeness (QED) is 0.282. The van der Waals surface area contributed by atoms with E-state index in [4.69, 9.17) is 4.74 Å². The summed E-state index contributed by atoms with van der Waals surface area (Å²) in [7, 11) is -2.70. The number of imidazole rings is 1. The molecule has 0 atom stereocenters. The van der Waals surface area contributed by atoms with E-state index in [0.29, 0.717) is 5.56 Å². The molecule has 4 aromatic rings. The standard InChI is InChI=1S/C25H23N5O6S/c1-36-24-11-10-20(16-23(24)30(32)33)37(34,35)28-14-12-27(13-15-28)25(31)18-6-8-19(9-7-18)29-17-26-21-4-2-3-5-22(21)29/h2-11,16-17H,12-15H2,1H3. The molecule has 1 amide bonds. The Morgan fingerprint density at radius 3 is 2.38 bits per heavy atom. The van der Waals surface area contributed by atoms with Gasteiger partial charge in [0.1, 0.15) is 6.33 Å². The Bertz CT molecular complexity index is 1590. The van der Waals surface area contributed by atoms with Crippen LogP contribution in [-0.2, 0) is 10.0 Å². The number of hydrogen-bond donors (Lipinski definition) is 0. The highest BCUT2D eigenvalue weighted by Crippen LogP contribution is 2.31. The Hall–Kier alpha value is -4.29. The number of fused-ring (bicyclic) bond motifs is 1. The maximum atomic E-state index is 13.1. The van der Waals surface area contributed by atoms with Gasteiger partial charge in [-0.25, -0.2) is 13.4 Å². The molecule has 1 aliphatic heterocycles. The molecule has 1 saturated heterocycles. The fourth-order valence-electron chi connectivity index (χ4n) is 4.37. The van der Waals surface area contributed by atoms with E-state index in [1.807, 2.05) is 41.0 Å². The van der Waals surface area contributed by atoms with Crippen molar-refractivity contribution in [2.75, 3.05) is 33.3 Å². The van der Waals surface area contributed by atoms with Crippen LogP contribution in [0.3, 0.4) is 0 Å². The first-order valence-electron chi connectivity index (χ1n) is 11.4. The number of piperazine rings is 1. The molecule has 190 valence electrons. The fraction of sp³-hybridized carbons (Fsp3) is 0.200. The lowest BCUT2D eigenvalue weighted by Crippen LogP contribution is -2.50. The van der Waals surface area contributed by atoms with Gasteiger partial charge in [-0.3, -0.25) is 19.5 Å². The van der Waals surface area contributed by atoms with Gasteiger partial charge in [-0.2, -0.15) is 4.31 Å². The first kappa shape index (κ1) is 24.4. The SMILES string of the molecule is COc1ccc(S(=O)(=O)N2CCN(C(=O)c3ccc(-n4cnc5ccccc54)cc3)CC2)cc1[N+](=O)[O-]. The van der Waals surface area contributed by atoms with Crippen LogP contribution in [0.1, 0.15) is 10.4 Å². The average Bonchev–Trinajstić information content (AvgIpc) is 3.36. The van der Waals surface area contributed by atoms with Gasteiger partial charge in [-0.15, -0.1) is 0 Å². The normalized spacial score (nSPS) is 14.6. The van der Waals surface area contributed by atoms with Crippen LogP contribution in [0.5, 0.6) is 5.75 Å². The third-order valence-electron chi connectivity index (χ3n) is 6.36. The molecular formula is C25H23N5O6S. The summed E-state index contributed by atoms with van der Waals surface area (Å²) in [6, 6.07) is 18.5. The molecule has 1 fully saturated rings. The summed E-state index contributed by atoms with van der Waals surface area (Å²) in [6.45, 7) is 0.550. The van der Waals surface area contributed by atoms with Gasteiger partial charge in [0.05, 0.1) is 28.0 Å². The smallest absolute Gasteiger partial charge is 0.312 e. The zero-order valence-corrected chi connectivity index (χ0v) is 20.7. The van der Waals surface area contributed by atoms with Crippen molar-refractivity contribution in [2.45, 2.75) is 4.90 Å². The van der Waals surface area contributed by atoms with Crippen molar-refractivity contribution in [3.05, 3.63) is 88.7 Å². The number of amides is 1. The van der Waals surface area contributed by atoms with Gasteiger partial charge in [0.15, 0.2) is 5.75 Å². The van der Waals surface area contributed by atoms with E-state index in [0.717, 1.165) is 22.8 Å². The number of nitro groups is 1. The third kappa shape index (κ3) is 4.52. The van der Waals surface area contributed by atoms with E-state index in [-0.39, 0.29) is 42.7 Å². The maximum absolute atomic E-state index is 13.1. The molecule has 11 nitrogen and oxygen atoms in total. The topological polar surface area (TPSA) is 128 Å². The Kier molecular flexibility index (Phi) is 6.36. The van der Waals surface area contributed by atoms with E-state index >= 15 is 0 Å². The molecule has 0 spiro atoms. The van der Waals surface area contributed by atoms with Crippen molar-refractivity contribution in [2.24, 2.45) is 0 Å². The van der Waals surface area contributed by atoms with Crippen molar-refractivity contribution >= 4 is 32.7 Å². The minimum atomic E-state index is -3.98. The number of methoxy groups -OCH3 is 1. The molecule has 37 heavy (non-hydrogen) atoms. The number of nitro benzene ring substituents is 1. The van der Waals surface area contributed by atoms with Gasteiger partial charge in [0, 0.05) is 43.5 Å². The van der Waals surface area contributed by atoms with Crippen LogP contribution < -0.4 is 4.74 Å². The Morgan fingerprint density at radius 1 is 1.00 bits per heavy atom. The lowest BCUT2D eigenvalue weighted by molar-refractivity contribution is -0.386. The highest BCUT2D eigenvalue weighted by molar-refractivity contribution is 7.89. The van der Waals surface area contributed by atoms with Crippen LogP contribution >= 0.6 is 0 Å². The first-order chi connectivity index (χ1) is 17.8. The van der Waals surface area contributed by atoms with E-state index in [9.17, 15) is 23.3 Å². The average molecular weight is 522 g/mol. The Morgan fingerprint density at radius 2 is 1.70 bits per heavy atom. The lowest BCUT2D eigenvalue weighted by atomic mass is 10.1. The van der Waals surface area contributed by atoms with Crippen molar-refractivity contribution in [1.29, 1.82) is 0 Å². The first-order valence-corrected chi connectivity index (χ1v) is 12.9. The summed E-state index contributed by atoms with van der Waals surface area (Å²) in [6.07, 6.45) is 1.73. The number of hydrogen-bond acceptors (Lipinski definition) is 7. The number of rotatable bonds is 6. The Balaban J connectivity index is 1.27. The van der Waals surface area contributed by atoms with Crippen molar-refractivity contribution in [3.8, 4) is 11.4 Å². The molecule has 12 heteroatoms.